The zero-order chi connectivity index (χ0) is 16.6. The van der Waals surface area contributed by atoms with E-state index in [9.17, 15) is 18.8 Å². The smallest absolute Gasteiger partial charge is 0.339 e. The molecule has 8 heteroatoms. The van der Waals surface area contributed by atoms with Crippen molar-refractivity contribution >= 4 is 29.5 Å². The van der Waals surface area contributed by atoms with E-state index in [1.165, 1.54) is 40.8 Å². The van der Waals surface area contributed by atoms with Crippen molar-refractivity contribution in [1.29, 1.82) is 0 Å². The maximum Gasteiger partial charge on any atom is 0.339 e. The van der Waals surface area contributed by atoms with E-state index in [2.05, 4.69) is 4.74 Å². The van der Waals surface area contributed by atoms with Crippen LogP contribution in [-0.2, 0) is 25.7 Å². The van der Waals surface area contributed by atoms with Crippen LogP contribution >= 0.6 is 11.8 Å². The summed E-state index contributed by atoms with van der Waals surface area (Å²) in [6, 6.07) is 5.15. The van der Waals surface area contributed by atoms with Gasteiger partial charge in [0.1, 0.15) is 18.4 Å². The standard InChI is InChI=1S/C15H15FN2O4S/c1-22-15(21)14-18-11(8-23-14)13(20)17(7-12(18)19)6-9-2-4-10(16)5-3-9/h2-5,11,14H,6-8H2,1H3/t11-,14+/m0/s1. The molecule has 0 radical (unpaired) electrons. The highest BCUT2D eigenvalue weighted by molar-refractivity contribution is 8.00. The maximum absolute atomic E-state index is 12.9. The zero-order valence-electron chi connectivity index (χ0n) is 12.4. The van der Waals surface area contributed by atoms with Crippen LogP contribution in [0.1, 0.15) is 5.56 Å². The molecule has 23 heavy (non-hydrogen) atoms. The molecule has 2 amide bonds. The van der Waals surface area contributed by atoms with Crippen LogP contribution in [-0.4, -0.2) is 58.4 Å². The summed E-state index contributed by atoms with van der Waals surface area (Å²) >= 11 is 1.23. The molecule has 0 aromatic heterocycles. The number of hydrogen-bond acceptors (Lipinski definition) is 5. The first kappa shape index (κ1) is 15.8. The number of carbonyl (C=O) groups excluding carboxylic acids is 3. The summed E-state index contributed by atoms with van der Waals surface area (Å²) in [7, 11) is 1.26. The number of fused-ring (bicyclic) bond motifs is 1. The van der Waals surface area contributed by atoms with Crippen LogP contribution in [0.3, 0.4) is 0 Å². The molecule has 0 bridgehead atoms. The quantitative estimate of drug-likeness (QED) is 0.756. The number of thioether (sulfide) groups is 1. The summed E-state index contributed by atoms with van der Waals surface area (Å²) in [6.45, 7) is 0.142. The lowest BCUT2D eigenvalue weighted by Gasteiger charge is -2.37. The van der Waals surface area contributed by atoms with Gasteiger partial charge < -0.3 is 14.5 Å². The minimum atomic E-state index is -0.755. The van der Waals surface area contributed by atoms with Crippen LogP contribution in [0, 0.1) is 5.82 Å². The van der Waals surface area contributed by atoms with Crippen LogP contribution < -0.4 is 0 Å². The fourth-order valence-electron chi connectivity index (χ4n) is 2.76. The van der Waals surface area contributed by atoms with Crippen molar-refractivity contribution in [2.45, 2.75) is 18.0 Å². The van der Waals surface area contributed by atoms with Gasteiger partial charge in [-0.2, -0.15) is 0 Å². The molecule has 6 nitrogen and oxygen atoms in total. The molecule has 0 aliphatic carbocycles. The Morgan fingerprint density at radius 3 is 2.70 bits per heavy atom. The lowest BCUT2D eigenvalue weighted by Crippen LogP contribution is -2.60. The number of rotatable bonds is 3. The molecule has 2 aliphatic rings. The van der Waals surface area contributed by atoms with E-state index in [0.717, 1.165) is 5.56 Å². The number of methoxy groups -OCH3 is 1. The van der Waals surface area contributed by atoms with Gasteiger partial charge in [-0.25, -0.2) is 9.18 Å². The topological polar surface area (TPSA) is 66.9 Å². The monoisotopic (exact) mass is 338 g/mol. The predicted octanol–water partition coefficient (Wildman–Crippen LogP) is 0.611. The predicted molar refractivity (Wildman–Crippen MR) is 80.7 cm³/mol. The van der Waals surface area contributed by atoms with E-state index in [1.807, 2.05) is 0 Å². The van der Waals surface area contributed by atoms with Crippen LogP contribution in [0.5, 0.6) is 0 Å². The van der Waals surface area contributed by atoms with Crippen molar-refractivity contribution in [3.8, 4) is 0 Å². The average molecular weight is 338 g/mol. The van der Waals surface area contributed by atoms with Gasteiger partial charge in [-0.05, 0) is 17.7 Å². The zero-order valence-corrected chi connectivity index (χ0v) is 13.2. The van der Waals surface area contributed by atoms with Crippen LogP contribution in [0.4, 0.5) is 4.39 Å². The maximum atomic E-state index is 12.9. The second-order valence-corrected chi connectivity index (χ2v) is 6.46. The van der Waals surface area contributed by atoms with Gasteiger partial charge in [0, 0.05) is 12.3 Å². The molecule has 1 aromatic rings. The van der Waals surface area contributed by atoms with Crippen LogP contribution in [0.15, 0.2) is 24.3 Å². The van der Waals surface area contributed by atoms with Gasteiger partial charge in [0.05, 0.1) is 7.11 Å². The number of carbonyl (C=O) groups is 3. The number of amides is 2. The Bertz CT molecular complexity index is 651. The Morgan fingerprint density at radius 2 is 2.04 bits per heavy atom. The van der Waals surface area contributed by atoms with Crippen LogP contribution in [0.25, 0.3) is 0 Å². The van der Waals surface area contributed by atoms with Crippen molar-refractivity contribution in [2.75, 3.05) is 19.4 Å². The lowest BCUT2D eigenvalue weighted by atomic mass is 10.1. The molecule has 2 fully saturated rings. The minimum Gasteiger partial charge on any atom is -0.467 e. The molecule has 122 valence electrons. The average Bonchev–Trinajstić information content (AvgIpc) is 2.99. The van der Waals surface area contributed by atoms with Crippen molar-refractivity contribution < 1.29 is 23.5 Å². The molecule has 0 N–H and O–H groups in total. The van der Waals surface area contributed by atoms with Gasteiger partial charge >= 0.3 is 5.97 Å². The van der Waals surface area contributed by atoms with E-state index in [1.54, 1.807) is 12.1 Å². The minimum absolute atomic E-state index is 0.0965. The van der Waals surface area contributed by atoms with Gasteiger partial charge in [0.15, 0.2) is 5.37 Å². The summed E-state index contributed by atoms with van der Waals surface area (Å²) in [4.78, 5) is 39.4. The van der Waals surface area contributed by atoms with Crippen molar-refractivity contribution in [1.82, 2.24) is 9.80 Å². The van der Waals surface area contributed by atoms with Crippen molar-refractivity contribution in [2.24, 2.45) is 0 Å². The summed E-state index contributed by atoms with van der Waals surface area (Å²) < 4.78 is 17.6. The van der Waals surface area contributed by atoms with Gasteiger partial charge in [-0.3, -0.25) is 9.59 Å². The SMILES string of the molecule is COC(=O)[C@H]1SC[C@H]2C(=O)N(Cc3ccc(F)cc3)CC(=O)N12. The Kier molecular flexibility index (Phi) is 4.25. The Morgan fingerprint density at radius 1 is 1.35 bits per heavy atom. The third kappa shape index (κ3) is 2.90. The number of piperazine rings is 1. The van der Waals surface area contributed by atoms with Crippen molar-refractivity contribution in [3.05, 3.63) is 35.6 Å². The van der Waals surface area contributed by atoms with E-state index < -0.39 is 17.4 Å². The molecular weight excluding hydrogens is 323 g/mol. The summed E-state index contributed by atoms with van der Waals surface area (Å²) in [5.41, 5.74) is 0.746. The van der Waals surface area contributed by atoms with E-state index in [0.29, 0.717) is 5.75 Å². The molecule has 2 saturated heterocycles. The van der Waals surface area contributed by atoms with Gasteiger partial charge in [0.25, 0.3) is 0 Å². The largest absolute Gasteiger partial charge is 0.467 e. The molecule has 2 aliphatic heterocycles. The normalized spacial score (nSPS) is 23.9. The molecule has 0 spiro atoms. The number of esters is 1. The van der Waals surface area contributed by atoms with E-state index in [4.69, 9.17) is 0 Å². The van der Waals surface area contributed by atoms with E-state index >= 15 is 0 Å². The Balaban J connectivity index is 1.76. The third-order valence-electron chi connectivity index (χ3n) is 3.90. The number of ether oxygens (including phenoxy) is 1. The molecule has 2 atom stereocenters. The Labute approximate surface area is 136 Å². The number of benzene rings is 1. The van der Waals surface area contributed by atoms with Crippen LogP contribution in [0.2, 0.25) is 0 Å². The number of hydrogen-bond donors (Lipinski definition) is 0. The summed E-state index contributed by atoms with van der Waals surface area (Å²) in [5.74, 6) is -0.991. The first-order valence-corrected chi connectivity index (χ1v) is 8.10. The highest BCUT2D eigenvalue weighted by atomic mass is 32.2. The van der Waals surface area contributed by atoms with Crippen molar-refractivity contribution in [3.63, 3.8) is 0 Å². The first-order valence-electron chi connectivity index (χ1n) is 7.05. The van der Waals surface area contributed by atoms with Gasteiger partial charge in [-0.15, -0.1) is 11.8 Å². The number of halogens is 1. The second kappa shape index (κ2) is 6.19. The molecule has 1 aromatic carbocycles. The fourth-order valence-corrected chi connectivity index (χ4v) is 4.09. The van der Waals surface area contributed by atoms with Gasteiger partial charge in [0.2, 0.25) is 11.8 Å². The number of nitrogens with zero attached hydrogens (tertiary/aromatic N) is 2. The molecule has 2 heterocycles. The lowest BCUT2D eigenvalue weighted by molar-refractivity contribution is -0.160. The molecular formula is C15H15FN2O4S. The second-order valence-electron chi connectivity index (χ2n) is 5.35. The highest BCUT2D eigenvalue weighted by Crippen LogP contribution is 2.33. The molecule has 3 rings (SSSR count). The van der Waals surface area contributed by atoms with E-state index in [-0.39, 0.29) is 30.7 Å². The summed E-state index contributed by atoms with van der Waals surface area (Å²) in [6.07, 6.45) is 0. The first-order chi connectivity index (χ1) is 11.0. The molecule has 0 unspecified atom stereocenters. The molecule has 0 saturated carbocycles. The fraction of sp³-hybridized carbons (Fsp3) is 0.400. The highest BCUT2D eigenvalue weighted by Gasteiger charge is 2.50. The third-order valence-corrected chi connectivity index (χ3v) is 5.14. The summed E-state index contributed by atoms with van der Waals surface area (Å²) in [5, 5.41) is -0.755. The van der Waals surface area contributed by atoms with Gasteiger partial charge in [-0.1, -0.05) is 12.1 Å². The Hall–Kier alpha value is -2.09.